The molecular formula is C32H33Cl2N3O4S. The summed E-state index contributed by atoms with van der Waals surface area (Å²) in [6.07, 6.45) is 1.97. The molecule has 220 valence electrons. The van der Waals surface area contributed by atoms with Gasteiger partial charge in [-0.25, -0.2) is 8.42 Å². The summed E-state index contributed by atoms with van der Waals surface area (Å²) in [4.78, 5) is 29.3. The van der Waals surface area contributed by atoms with Crippen LogP contribution in [0.5, 0.6) is 0 Å². The van der Waals surface area contributed by atoms with Crippen LogP contribution in [0.1, 0.15) is 24.5 Å². The quantitative estimate of drug-likeness (QED) is 0.207. The topological polar surface area (TPSA) is 86.8 Å². The molecule has 4 aromatic rings. The van der Waals surface area contributed by atoms with Crippen LogP contribution in [0.4, 0.5) is 5.69 Å². The van der Waals surface area contributed by atoms with Crippen LogP contribution in [0.3, 0.4) is 0 Å². The van der Waals surface area contributed by atoms with Crippen molar-refractivity contribution in [2.75, 3.05) is 23.7 Å². The van der Waals surface area contributed by atoms with Gasteiger partial charge in [0.2, 0.25) is 21.8 Å². The van der Waals surface area contributed by atoms with Crippen molar-refractivity contribution in [3.63, 3.8) is 0 Å². The SMILES string of the molecule is CCCNC(=O)[C@H](Cc1ccccc1)N(Cc1c(Cl)cccc1Cl)C(=O)CN(c1cccc2ccccc12)S(C)(=O)=O. The number of anilines is 1. The summed E-state index contributed by atoms with van der Waals surface area (Å²) in [5.74, 6) is -0.926. The minimum absolute atomic E-state index is 0.0957. The summed E-state index contributed by atoms with van der Waals surface area (Å²) in [5, 5.41) is 5.09. The number of benzene rings is 4. The van der Waals surface area contributed by atoms with Crippen molar-refractivity contribution < 1.29 is 18.0 Å². The fourth-order valence-corrected chi connectivity index (χ4v) is 6.17. The average Bonchev–Trinajstić information content (AvgIpc) is 2.97. The lowest BCUT2D eigenvalue weighted by molar-refractivity contribution is -0.140. The second kappa shape index (κ2) is 14.1. The van der Waals surface area contributed by atoms with Gasteiger partial charge in [-0.2, -0.15) is 0 Å². The van der Waals surface area contributed by atoms with Gasteiger partial charge >= 0.3 is 0 Å². The number of nitrogens with zero attached hydrogens (tertiary/aromatic N) is 2. The van der Waals surface area contributed by atoms with Gasteiger partial charge in [0.1, 0.15) is 12.6 Å². The number of sulfonamides is 1. The van der Waals surface area contributed by atoms with Crippen LogP contribution in [0.25, 0.3) is 10.8 Å². The third-order valence-electron chi connectivity index (χ3n) is 6.92. The first-order chi connectivity index (χ1) is 20.1. The predicted molar refractivity (Wildman–Crippen MR) is 170 cm³/mol. The molecule has 0 saturated carbocycles. The Kier molecular flexibility index (Phi) is 10.5. The minimum Gasteiger partial charge on any atom is -0.354 e. The summed E-state index contributed by atoms with van der Waals surface area (Å²) in [6, 6.07) is 26.1. The number of nitrogens with one attached hydrogen (secondary N) is 1. The van der Waals surface area contributed by atoms with Crippen LogP contribution in [-0.2, 0) is 32.6 Å². The van der Waals surface area contributed by atoms with Gasteiger partial charge in [0.25, 0.3) is 0 Å². The number of carbonyl (C=O) groups is 2. The lowest BCUT2D eigenvalue weighted by atomic mass is 10.0. The maximum atomic E-state index is 14.3. The van der Waals surface area contributed by atoms with Crippen molar-refractivity contribution in [1.29, 1.82) is 0 Å². The molecule has 1 N–H and O–H groups in total. The van der Waals surface area contributed by atoms with E-state index in [1.54, 1.807) is 30.3 Å². The largest absolute Gasteiger partial charge is 0.354 e. The van der Waals surface area contributed by atoms with Crippen molar-refractivity contribution in [3.8, 4) is 0 Å². The highest BCUT2D eigenvalue weighted by Gasteiger charge is 2.34. The fourth-order valence-electron chi connectivity index (χ4n) is 4.79. The van der Waals surface area contributed by atoms with Gasteiger partial charge < -0.3 is 10.2 Å². The molecule has 10 heteroatoms. The molecule has 4 aromatic carbocycles. The molecule has 0 fully saturated rings. The lowest BCUT2D eigenvalue weighted by Gasteiger charge is -2.34. The van der Waals surface area contributed by atoms with Crippen LogP contribution >= 0.6 is 23.2 Å². The van der Waals surface area contributed by atoms with Crippen molar-refractivity contribution in [3.05, 3.63) is 112 Å². The molecule has 1 atom stereocenters. The van der Waals surface area contributed by atoms with Gasteiger partial charge in [0.15, 0.2) is 0 Å². The summed E-state index contributed by atoms with van der Waals surface area (Å²) < 4.78 is 27.4. The Bertz CT molecular complexity index is 1640. The Hall–Kier alpha value is -3.59. The van der Waals surface area contributed by atoms with Gasteiger partial charge in [-0.1, -0.05) is 103 Å². The molecule has 0 saturated heterocycles. The smallest absolute Gasteiger partial charge is 0.244 e. The van der Waals surface area contributed by atoms with E-state index in [1.807, 2.05) is 67.6 Å². The Labute approximate surface area is 257 Å². The Balaban J connectivity index is 1.81. The summed E-state index contributed by atoms with van der Waals surface area (Å²) in [6.45, 7) is 1.74. The molecule has 0 unspecified atom stereocenters. The van der Waals surface area contributed by atoms with E-state index in [0.717, 1.165) is 21.5 Å². The van der Waals surface area contributed by atoms with Crippen LogP contribution in [0.2, 0.25) is 10.0 Å². The van der Waals surface area contributed by atoms with Gasteiger partial charge in [-0.3, -0.25) is 13.9 Å². The maximum absolute atomic E-state index is 14.3. The van der Waals surface area contributed by atoms with E-state index in [9.17, 15) is 18.0 Å². The molecule has 7 nitrogen and oxygen atoms in total. The number of rotatable bonds is 12. The lowest BCUT2D eigenvalue weighted by Crippen LogP contribution is -2.53. The Morgan fingerprint density at radius 3 is 2.14 bits per heavy atom. The summed E-state index contributed by atoms with van der Waals surface area (Å²) in [5.41, 5.74) is 1.67. The molecule has 42 heavy (non-hydrogen) atoms. The molecule has 0 aromatic heterocycles. The zero-order valence-corrected chi connectivity index (χ0v) is 25.8. The van der Waals surface area contributed by atoms with Gasteiger partial charge in [0.05, 0.1) is 11.9 Å². The van der Waals surface area contributed by atoms with E-state index in [0.29, 0.717) is 39.6 Å². The second-order valence-electron chi connectivity index (χ2n) is 9.99. The zero-order valence-electron chi connectivity index (χ0n) is 23.5. The Morgan fingerprint density at radius 1 is 0.857 bits per heavy atom. The van der Waals surface area contributed by atoms with E-state index in [2.05, 4.69) is 5.32 Å². The van der Waals surface area contributed by atoms with Gasteiger partial charge in [-0.15, -0.1) is 0 Å². The third-order valence-corrected chi connectivity index (χ3v) is 8.76. The first-order valence-electron chi connectivity index (χ1n) is 13.6. The molecule has 0 bridgehead atoms. The highest BCUT2D eigenvalue weighted by molar-refractivity contribution is 7.92. The van der Waals surface area contributed by atoms with Crippen molar-refractivity contribution in [2.24, 2.45) is 0 Å². The highest BCUT2D eigenvalue weighted by atomic mass is 35.5. The molecule has 0 aliphatic carbocycles. The molecule has 2 amide bonds. The van der Waals surface area contributed by atoms with E-state index >= 15 is 0 Å². The second-order valence-corrected chi connectivity index (χ2v) is 12.7. The van der Waals surface area contributed by atoms with Crippen molar-refractivity contribution >= 4 is 61.5 Å². The van der Waals surface area contributed by atoms with Crippen molar-refractivity contribution in [1.82, 2.24) is 10.2 Å². The van der Waals surface area contributed by atoms with Gasteiger partial charge in [0, 0.05) is 40.5 Å². The molecule has 0 spiro atoms. The third kappa shape index (κ3) is 7.62. The van der Waals surface area contributed by atoms with E-state index < -0.39 is 28.5 Å². The van der Waals surface area contributed by atoms with E-state index in [-0.39, 0.29) is 18.9 Å². The fraction of sp³-hybridized carbons (Fsp3) is 0.250. The monoisotopic (exact) mass is 625 g/mol. The summed E-state index contributed by atoms with van der Waals surface area (Å²) >= 11 is 13.0. The number of fused-ring (bicyclic) bond motifs is 1. The first-order valence-corrected chi connectivity index (χ1v) is 16.2. The van der Waals surface area contributed by atoms with Gasteiger partial charge in [-0.05, 0) is 35.6 Å². The van der Waals surface area contributed by atoms with Crippen LogP contribution < -0.4 is 9.62 Å². The minimum atomic E-state index is -3.91. The van der Waals surface area contributed by atoms with Crippen molar-refractivity contribution in [2.45, 2.75) is 32.4 Å². The summed E-state index contributed by atoms with van der Waals surface area (Å²) in [7, 11) is -3.91. The average molecular weight is 627 g/mol. The molecular weight excluding hydrogens is 593 g/mol. The molecule has 0 radical (unpaired) electrons. The van der Waals surface area contributed by atoms with Crippen LogP contribution in [0.15, 0.2) is 91.0 Å². The van der Waals surface area contributed by atoms with Crippen LogP contribution in [-0.4, -0.2) is 50.5 Å². The van der Waals surface area contributed by atoms with Crippen LogP contribution in [0, 0.1) is 0 Å². The normalized spacial score (nSPS) is 12.1. The number of carbonyl (C=O) groups excluding carboxylic acids is 2. The first kappa shape index (κ1) is 31.3. The molecule has 4 rings (SSSR count). The standard InChI is InChI=1S/C32H33Cl2N3O4S/c1-3-19-35-32(39)30(20-23-11-5-4-6-12-23)36(21-26-27(33)16-10-17-28(26)34)31(38)22-37(42(2,40)41)29-18-9-14-24-13-7-8-15-25(24)29/h4-18,30H,3,19-22H2,1-2H3,(H,35,39)/t30-/m0/s1. The zero-order chi connectivity index (χ0) is 30.3. The van der Waals surface area contributed by atoms with E-state index in [4.69, 9.17) is 23.2 Å². The van der Waals surface area contributed by atoms with E-state index in [1.165, 1.54) is 4.90 Å². The highest BCUT2D eigenvalue weighted by Crippen LogP contribution is 2.30. The predicted octanol–water partition coefficient (Wildman–Crippen LogP) is 6.08. The molecule has 0 aliphatic heterocycles. The number of hydrogen-bond acceptors (Lipinski definition) is 4. The number of amides is 2. The Morgan fingerprint density at radius 2 is 1.48 bits per heavy atom. The molecule has 0 aliphatic rings. The number of hydrogen-bond donors (Lipinski definition) is 1. The number of halogens is 2. The molecule has 0 heterocycles. The maximum Gasteiger partial charge on any atom is 0.244 e.